The second-order valence-electron chi connectivity index (χ2n) is 9.37. The predicted molar refractivity (Wildman–Crippen MR) is 152 cm³/mol. The highest BCUT2D eigenvalue weighted by molar-refractivity contribution is 5.85. The summed E-state index contributed by atoms with van der Waals surface area (Å²) in [6.07, 6.45) is 11.0. The number of pyridine rings is 1. The number of hydrogen-bond donors (Lipinski definition) is 0. The molecule has 10 heteroatoms. The zero-order valence-electron chi connectivity index (χ0n) is 21.9. The van der Waals surface area contributed by atoms with Crippen LogP contribution in [0.1, 0.15) is 42.4 Å². The Labute approximate surface area is 233 Å². The van der Waals surface area contributed by atoms with Crippen LogP contribution in [0.25, 0.3) is 0 Å². The minimum atomic E-state index is 0. The van der Waals surface area contributed by atoms with Crippen LogP contribution in [0.3, 0.4) is 0 Å². The molecule has 1 saturated heterocycles. The maximum Gasteiger partial charge on any atom is 0.227 e. The predicted octanol–water partition coefficient (Wildman–Crippen LogP) is 2.96. The van der Waals surface area contributed by atoms with E-state index in [-0.39, 0.29) is 41.7 Å². The molecule has 2 aliphatic rings. The SMILES string of the molecule is COc1cc2c(cc1OC)CC(=O)N(CC1CCCCN(CCCc3cccnc3)C1)CC2.Cl.Cl.O.O. The number of amides is 1. The van der Waals surface area contributed by atoms with Crippen molar-refractivity contribution in [3.05, 3.63) is 53.3 Å². The molecular weight excluding hydrogens is 517 g/mol. The number of fused-ring (bicyclic) bond motifs is 1. The van der Waals surface area contributed by atoms with E-state index in [4.69, 9.17) is 9.47 Å². The first-order valence-corrected chi connectivity index (χ1v) is 12.3. The van der Waals surface area contributed by atoms with Crippen LogP contribution in [0.15, 0.2) is 36.7 Å². The molecule has 210 valence electrons. The van der Waals surface area contributed by atoms with E-state index >= 15 is 0 Å². The second kappa shape index (κ2) is 17.4. The van der Waals surface area contributed by atoms with Crippen molar-refractivity contribution in [1.29, 1.82) is 0 Å². The summed E-state index contributed by atoms with van der Waals surface area (Å²) in [5.74, 6) is 2.21. The van der Waals surface area contributed by atoms with Gasteiger partial charge in [0.2, 0.25) is 5.91 Å². The quantitative estimate of drug-likeness (QED) is 0.492. The zero-order chi connectivity index (χ0) is 23.0. The molecule has 1 aromatic carbocycles. The van der Waals surface area contributed by atoms with Gasteiger partial charge in [-0.15, -0.1) is 24.8 Å². The Morgan fingerprint density at radius 1 is 1.03 bits per heavy atom. The molecule has 0 saturated carbocycles. The molecule has 0 spiro atoms. The Morgan fingerprint density at radius 3 is 2.43 bits per heavy atom. The van der Waals surface area contributed by atoms with E-state index in [9.17, 15) is 4.79 Å². The Bertz CT molecular complexity index is 936. The Morgan fingerprint density at radius 2 is 1.76 bits per heavy atom. The van der Waals surface area contributed by atoms with Gasteiger partial charge < -0.3 is 30.2 Å². The molecule has 1 atom stereocenters. The summed E-state index contributed by atoms with van der Waals surface area (Å²) in [6, 6.07) is 8.19. The van der Waals surface area contributed by atoms with Crippen molar-refractivity contribution in [1.82, 2.24) is 14.8 Å². The number of likely N-dealkylation sites (tertiary alicyclic amines) is 1. The number of methoxy groups -OCH3 is 2. The summed E-state index contributed by atoms with van der Waals surface area (Å²) in [5, 5.41) is 0. The number of aromatic nitrogens is 1. The average molecular weight is 561 g/mol. The summed E-state index contributed by atoms with van der Waals surface area (Å²) in [5.41, 5.74) is 3.58. The van der Waals surface area contributed by atoms with Crippen molar-refractivity contribution >= 4 is 30.7 Å². The van der Waals surface area contributed by atoms with Gasteiger partial charge in [0, 0.05) is 32.0 Å². The fourth-order valence-electron chi connectivity index (χ4n) is 5.24. The molecule has 2 aliphatic heterocycles. The normalized spacial score (nSPS) is 17.4. The van der Waals surface area contributed by atoms with Crippen LogP contribution in [-0.4, -0.2) is 78.6 Å². The maximum absolute atomic E-state index is 13.1. The molecule has 4 N–H and O–H groups in total. The molecule has 1 unspecified atom stereocenters. The lowest BCUT2D eigenvalue weighted by Gasteiger charge is -2.29. The topological polar surface area (TPSA) is 118 Å². The van der Waals surface area contributed by atoms with Gasteiger partial charge in [-0.3, -0.25) is 9.78 Å². The molecular formula is C27H43Cl2N3O5. The molecule has 2 aromatic rings. The Kier molecular flexibility index (Phi) is 16.4. The lowest BCUT2D eigenvalue weighted by atomic mass is 10.0. The van der Waals surface area contributed by atoms with Gasteiger partial charge in [-0.05, 0) is 86.0 Å². The van der Waals surface area contributed by atoms with Crippen molar-refractivity contribution in [2.45, 2.75) is 44.9 Å². The maximum atomic E-state index is 13.1. The molecule has 1 fully saturated rings. The van der Waals surface area contributed by atoms with E-state index < -0.39 is 0 Å². The molecule has 0 radical (unpaired) electrons. The number of ether oxygens (including phenoxy) is 2. The fourth-order valence-corrected chi connectivity index (χ4v) is 5.24. The Balaban J connectivity index is 0.00000324. The minimum absolute atomic E-state index is 0. The molecule has 1 amide bonds. The number of carbonyl (C=O) groups is 1. The largest absolute Gasteiger partial charge is 0.493 e. The average Bonchev–Trinajstić information content (AvgIpc) is 3.15. The van der Waals surface area contributed by atoms with E-state index in [0.717, 1.165) is 56.8 Å². The van der Waals surface area contributed by atoms with Crippen LogP contribution in [0.2, 0.25) is 0 Å². The third-order valence-electron chi connectivity index (χ3n) is 7.05. The smallest absolute Gasteiger partial charge is 0.227 e. The van der Waals surface area contributed by atoms with E-state index in [1.54, 1.807) is 14.2 Å². The van der Waals surface area contributed by atoms with E-state index in [1.165, 1.54) is 36.9 Å². The summed E-state index contributed by atoms with van der Waals surface area (Å²) in [6.45, 7) is 5.01. The van der Waals surface area contributed by atoms with Crippen LogP contribution in [0.4, 0.5) is 0 Å². The van der Waals surface area contributed by atoms with Gasteiger partial charge in [-0.1, -0.05) is 12.5 Å². The van der Waals surface area contributed by atoms with Gasteiger partial charge in [-0.25, -0.2) is 0 Å². The summed E-state index contributed by atoms with van der Waals surface area (Å²) in [7, 11) is 3.30. The first-order chi connectivity index (χ1) is 16.2. The minimum Gasteiger partial charge on any atom is -0.493 e. The number of nitrogens with zero attached hydrogens (tertiary/aromatic N) is 3. The van der Waals surface area contributed by atoms with Crippen molar-refractivity contribution in [2.75, 3.05) is 46.9 Å². The number of carbonyl (C=O) groups excluding carboxylic acids is 1. The molecule has 0 aliphatic carbocycles. The monoisotopic (exact) mass is 559 g/mol. The van der Waals surface area contributed by atoms with Crippen molar-refractivity contribution < 1.29 is 25.2 Å². The lowest BCUT2D eigenvalue weighted by molar-refractivity contribution is -0.130. The van der Waals surface area contributed by atoms with Crippen LogP contribution < -0.4 is 9.47 Å². The van der Waals surface area contributed by atoms with Gasteiger partial charge in [0.05, 0.1) is 20.6 Å². The molecule has 8 nitrogen and oxygen atoms in total. The molecule has 1 aromatic heterocycles. The highest BCUT2D eigenvalue weighted by atomic mass is 35.5. The highest BCUT2D eigenvalue weighted by Gasteiger charge is 2.26. The van der Waals surface area contributed by atoms with Gasteiger partial charge in [0.25, 0.3) is 0 Å². The summed E-state index contributed by atoms with van der Waals surface area (Å²) in [4.78, 5) is 22.1. The number of hydrogen-bond acceptors (Lipinski definition) is 5. The van der Waals surface area contributed by atoms with Crippen molar-refractivity contribution in [2.24, 2.45) is 5.92 Å². The zero-order valence-corrected chi connectivity index (χ0v) is 23.5. The first kappa shape index (κ1) is 34.9. The van der Waals surface area contributed by atoms with Crippen LogP contribution in [0.5, 0.6) is 11.5 Å². The van der Waals surface area contributed by atoms with Crippen molar-refractivity contribution in [3.63, 3.8) is 0 Å². The summed E-state index contributed by atoms with van der Waals surface area (Å²) < 4.78 is 10.9. The van der Waals surface area contributed by atoms with Crippen LogP contribution in [-0.2, 0) is 24.1 Å². The standard InChI is InChI=1S/C27H37N3O3.2ClH.2H2O/c1-32-25-15-23-10-14-30(27(31)17-24(23)16-26(25)33-2)20-22-7-3-4-12-29(19-22)13-6-9-21-8-5-11-28-18-21;;;;/h5,8,11,15-16,18,22H,3-4,6-7,9-10,12-14,17,19-20H2,1-2H3;2*1H;2*1H2. The van der Waals surface area contributed by atoms with E-state index in [2.05, 4.69) is 20.9 Å². The van der Waals surface area contributed by atoms with E-state index in [0.29, 0.717) is 18.1 Å². The molecule has 37 heavy (non-hydrogen) atoms. The third kappa shape index (κ3) is 9.61. The van der Waals surface area contributed by atoms with Crippen LogP contribution in [0, 0.1) is 5.92 Å². The number of benzene rings is 1. The highest BCUT2D eigenvalue weighted by Crippen LogP contribution is 2.32. The van der Waals surface area contributed by atoms with Gasteiger partial charge in [0.15, 0.2) is 11.5 Å². The van der Waals surface area contributed by atoms with Gasteiger partial charge >= 0.3 is 0 Å². The number of rotatable bonds is 8. The summed E-state index contributed by atoms with van der Waals surface area (Å²) >= 11 is 0. The van der Waals surface area contributed by atoms with Gasteiger partial charge in [0.1, 0.15) is 0 Å². The number of halogens is 2. The molecule has 0 bridgehead atoms. The Hall–Kier alpha value is -2.10. The second-order valence-corrected chi connectivity index (χ2v) is 9.37. The number of aryl methyl sites for hydroxylation is 1. The lowest BCUT2D eigenvalue weighted by Crippen LogP contribution is -2.40. The van der Waals surface area contributed by atoms with Crippen LogP contribution >= 0.6 is 24.8 Å². The molecule has 3 heterocycles. The van der Waals surface area contributed by atoms with Crippen molar-refractivity contribution in [3.8, 4) is 11.5 Å². The molecule has 4 rings (SSSR count). The first-order valence-electron chi connectivity index (χ1n) is 12.3. The third-order valence-corrected chi connectivity index (χ3v) is 7.05. The van der Waals surface area contributed by atoms with E-state index in [1.807, 2.05) is 30.6 Å². The van der Waals surface area contributed by atoms with Gasteiger partial charge in [-0.2, -0.15) is 0 Å². The fraction of sp³-hybridized carbons (Fsp3) is 0.556.